The second kappa shape index (κ2) is 6.55. The van der Waals surface area contributed by atoms with Gasteiger partial charge in [-0.15, -0.1) is 12.4 Å². The van der Waals surface area contributed by atoms with Crippen LogP contribution in [0.4, 0.5) is 0 Å². The lowest BCUT2D eigenvalue weighted by atomic mass is 10.2. The molecule has 0 amide bonds. The quantitative estimate of drug-likeness (QED) is 0.906. The molecule has 90 valence electrons. The van der Waals surface area contributed by atoms with Crippen LogP contribution in [0.1, 0.15) is 12.5 Å². The smallest absolute Gasteiger partial charge is 0.0410 e. The summed E-state index contributed by atoms with van der Waals surface area (Å²) in [5.41, 5.74) is 1.28. The van der Waals surface area contributed by atoms with Crippen LogP contribution >= 0.6 is 28.3 Å². The molecule has 1 aromatic heterocycles. The Bertz CT molecular complexity index is 335. The predicted octanol–water partition coefficient (Wildman–Crippen LogP) is 2.06. The van der Waals surface area contributed by atoms with Crippen molar-refractivity contribution in [3.8, 4) is 0 Å². The summed E-state index contributed by atoms with van der Waals surface area (Å²) in [5, 5.41) is 3.40. The number of nitrogens with one attached hydrogen (secondary N) is 1. The molecule has 0 aliphatic carbocycles. The first-order valence-electron chi connectivity index (χ1n) is 5.30. The molecule has 0 aromatic carbocycles. The standard InChI is InChI=1S/C11H16BrN3.ClH/c1-9-5-13-2-3-15(9)8-10-4-11(12)7-14-6-10;/h4,6-7,9,13H,2-3,5,8H2,1H3;1H/t9-;/m0./s1. The van der Waals surface area contributed by atoms with Gasteiger partial charge in [0, 0.05) is 49.1 Å². The molecule has 2 rings (SSSR count). The molecule has 0 radical (unpaired) electrons. The summed E-state index contributed by atoms with van der Waals surface area (Å²) in [6.45, 7) is 6.55. The van der Waals surface area contributed by atoms with Crippen LogP contribution in [0.15, 0.2) is 22.9 Å². The average Bonchev–Trinajstić information content (AvgIpc) is 2.22. The Morgan fingerprint density at radius 3 is 3.06 bits per heavy atom. The van der Waals surface area contributed by atoms with Crippen molar-refractivity contribution in [1.82, 2.24) is 15.2 Å². The van der Waals surface area contributed by atoms with E-state index in [2.05, 4.69) is 44.1 Å². The summed E-state index contributed by atoms with van der Waals surface area (Å²) < 4.78 is 1.06. The number of hydrogen-bond donors (Lipinski definition) is 1. The second-order valence-corrected chi connectivity index (χ2v) is 4.95. The van der Waals surface area contributed by atoms with Crippen molar-refractivity contribution in [3.05, 3.63) is 28.5 Å². The van der Waals surface area contributed by atoms with E-state index in [1.807, 2.05) is 12.4 Å². The SMILES string of the molecule is C[C@H]1CNCCN1Cc1cncc(Br)c1.Cl. The van der Waals surface area contributed by atoms with Crippen molar-refractivity contribution >= 4 is 28.3 Å². The Morgan fingerprint density at radius 2 is 2.38 bits per heavy atom. The Kier molecular flexibility index (Phi) is 5.69. The number of nitrogens with zero attached hydrogens (tertiary/aromatic N) is 2. The molecular weight excluding hydrogens is 289 g/mol. The molecule has 2 heterocycles. The molecule has 1 saturated heterocycles. The lowest BCUT2D eigenvalue weighted by Gasteiger charge is -2.33. The number of aromatic nitrogens is 1. The van der Waals surface area contributed by atoms with E-state index < -0.39 is 0 Å². The summed E-state index contributed by atoms with van der Waals surface area (Å²) in [6.07, 6.45) is 3.77. The maximum absolute atomic E-state index is 4.19. The zero-order valence-electron chi connectivity index (χ0n) is 9.32. The van der Waals surface area contributed by atoms with Gasteiger partial charge in [0.25, 0.3) is 0 Å². The third-order valence-electron chi connectivity index (χ3n) is 2.79. The first-order chi connectivity index (χ1) is 7.25. The van der Waals surface area contributed by atoms with Crippen LogP contribution in [0.3, 0.4) is 0 Å². The van der Waals surface area contributed by atoms with Gasteiger partial charge in [-0.25, -0.2) is 0 Å². The molecule has 1 aromatic rings. The van der Waals surface area contributed by atoms with E-state index in [1.54, 1.807) is 0 Å². The molecule has 1 aliphatic rings. The van der Waals surface area contributed by atoms with E-state index in [4.69, 9.17) is 0 Å². The summed E-state index contributed by atoms with van der Waals surface area (Å²) >= 11 is 3.45. The van der Waals surface area contributed by atoms with Crippen LogP contribution in [-0.4, -0.2) is 35.6 Å². The summed E-state index contributed by atoms with van der Waals surface area (Å²) in [6, 6.07) is 2.75. The third-order valence-corrected chi connectivity index (χ3v) is 3.22. The van der Waals surface area contributed by atoms with Crippen molar-refractivity contribution in [3.63, 3.8) is 0 Å². The van der Waals surface area contributed by atoms with Gasteiger partial charge in [-0.1, -0.05) is 0 Å². The average molecular weight is 307 g/mol. The predicted molar refractivity (Wildman–Crippen MR) is 71.9 cm³/mol. The fraction of sp³-hybridized carbons (Fsp3) is 0.545. The summed E-state index contributed by atoms with van der Waals surface area (Å²) in [4.78, 5) is 6.67. The van der Waals surface area contributed by atoms with Gasteiger partial charge in [0.05, 0.1) is 0 Å². The van der Waals surface area contributed by atoms with Crippen molar-refractivity contribution in [2.24, 2.45) is 0 Å². The maximum Gasteiger partial charge on any atom is 0.0410 e. The molecule has 0 bridgehead atoms. The second-order valence-electron chi connectivity index (χ2n) is 4.04. The molecule has 16 heavy (non-hydrogen) atoms. The Balaban J connectivity index is 0.00000128. The van der Waals surface area contributed by atoms with Gasteiger partial charge in [-0.2, -0.15) is 0 Å². The van der Waals surface area contributed by atoms with Gasteiger partial charge in [-0.3, -0.25) is 9.88 Å². The fourth-order valence-electron chi connectivity index (χ4n) is 1.89. The fourth-order valence-corrected chi connectivity index (χ4v) is 2.31. The van der Waals surface area contributed by atoms with Crippen LogP contribution in [0, 0.1) is 0 Å². The van der Waals surface area contributed by atoms with Crippen LogP contribution in [0.5, 0.6) is 0 Å². The monoisotopic (exact) mass is 305 g/mol. The van der Waals surface area contributed by atoms with E-state index in [9.17, 15) is 0 Å². The lowest BCUT2D eigenvalue weighted by Crippen LogP contribution is -2.49. The van der Waals surface area contributed by atoms with Gasteiger partial charge in [0.1, 0.15) is 0 Å². The summed E-state index contributed by atoms with van der Waals surface area (Å²) in [7, 11) is 0. The van der Waals surface area contributed by atoms with E-state index in [0.29, 0.717) is 6.04 Å². The molecule has 0 unspecified atom stereocenters. The van der Waals surface area contributed by atoms with Crippen LogP contribution in [-0.2, 0) is 6.54 Å². The maximum atomic E-state index is 4.19. The van der Waals surface area contributed by atoms with E-state index in [0.717, 1.165) is 30.7 Å². The van der Waals surface area contributed by atoms with Crippen LogP contribution < -0.4 is 5.32 Å². The van der Waals surface area contributed by atoms with Crippen molar-refractivity contribution in [2.45, 2.75) is 19.5 Å². The first-order valence-corrected chi connectivity index (χ1v) is 6.09. The zero-order chi connectivity index (χ0) is 10.7. The molecule has 1 N–H and O–H groups in total. The number of halogens is 2. The topological polar surface area (TPSA) is 28.2 Å². The Hall–Kier alpha value is -0.160. The number of rotatable bonds is 2. The molecular formula is C11H17BrClN3. The number of pyridine rings is 1. The van der Waals surface area contributed by atoms with Crippen molar-refractivity contribution < 1.29 is 0 Å². The van der Waals surface area contributed by atoms with Crippen LogP contribution in [0.2, 0.25) is 0 Å². The Labute approximate surface area is 111 Å². The van der Waals surface area contributed by atoms with E-state index in [1.165, 1.54) is 5.56 Å². The molecule has 5 heteroatoms. The lowest BCUT2D eigenvalue weighted by molar-refractivity contribution is 0.165. The first kappa shape index (κ1) is 13.9. The molecule has 1 fully saturated rings. The molecule has 3 nitrogen and oxygen atoms in total. The van der Waals surface area contributed by atoms with Gasteiger partial charge < -0.3 is 5.32 Å². The normalized spacial score (nSPS) is 21.5. The van der Waals surface area contributed by atoms with Gasteiger partial charge in [0.15, 0.2) is 0 Å². The highest BCUT2D eigenvalue weighted by atomic mass is 79.9. The minimum absolute atomic E-state index is 0. The molecule has 0 saturated carbocycles. The minimum Gasteiger partial charge on any atom is -0.314 e. The van der Waals surface area contributed by atoms with Crippen LogP contribution in [0.25, 0.3) is 0 Å². The number of piperazine rings is 1. The zero-order valence-corrected chi connectivity index (χ0v) is 11.7. The van der Waals surface area contributed by atoms with Gasteiger partial charge in [0.2, 0.25) is 0 Å². The van der Waals surface area contributed by atoms with E-state index >= 15 is 0 Å². The number of hydrogen-bond acceptors (Lipinski definition) is 3. The largest absolute Gasteiger partial charge is 0.314 e. The van der Waals surface area contributed by atoms with Crippen molar-refractivity contribution in [2.75, 3.05) is 19.6 Å². The highest BCUT2D eigenvalue weighted by Crippen LogP contribution is 2.13. The summed E-state index contributed by atoms with van der Waals surface area (Å²) in [5.74, 6) is 0. The van der Waals surface area contributed by atoms with Gasteiger partial charge >= 0.3 is 0 Å². The molecule has 0 spiro atoms. The van der Waals surface area contributed by atoms with Gasteiger partial charge in [-0.05, 0) is 34.5 Å². The molecule has 1 aliphatic heterocycles. The highest BCUT2D eigenvalue weighted by molar-refractivity contribution is 9.10. The Morgan fingerprint density at radius 1 is 1.56 bits per heavy atom. The van der Waals surface area contributed by atoms with E-state index in [-0.39, 0.29) is 12.4 Å². The highest BCUT2D eigenvalue weighted by Gasteiger charge is 2.17. The molecule has 1 atom stereocenters. The van der Waals surface area contributed by atoms with Crippen molar-refractivity contribution in [1.29, 1.82) is 0 Å². The minimum atomic E-state index is 0. The third kappa shape index (κ3) is 3.70.